The molecule has 0 aromatic heterocycles. The minimum atomic E-state index is -0.124. The van der Waals surface area contributed by atoms with Gasteiger partial charge in [0.1, 0.15) is 5.82 Å². The molecule has 0 saturated heterocycles. The van der Waals surface area contributed by atoms with Crippen molar-refractivity contribution in [2.75, 3.05) is 6.54 Å². The molecule has 1 rings (SSSR count). The molecule has 0 bridgehead atoms. The standard InChI is InChI=1S/C18H30FN/c1-5-15(6-2)10-17(13-20-14(3)4)11-16-8-7-9-18(19)12-16/h7-9,12,14-15,17,20H,5-6,10-11,13H2,1-4H3. The summed E-state index contributed by atoms with van der Waals surface area (Å²) in [5.41, 5.74) is 1.12. The largest absolute Gasteiger partial charge is 0.314 e. The van der Waals surface area contributed by atoms with Crippen LogP contribution in [0.4, 0.5) is 4.39 Å². The molecular weight excluding hydrogens is 249 g/mol. The van der Waals surface area contributed by atoms with Gasteiger partial charge in [-0.2, -0.15) is 0 Å². The summed E-state index contributed by atoms with van der Waals surface area (Å²) in [6.07, 6.45) is 4.66. The molecule has 1 nitrogen and oxygen atoms in total. The number of halogens is 1. The predicted octanol–water partition coefficient (Wildman–Crippen LogP) is 4.81. The highest BCUT2D eigenvalue weighted by molar-refractivity contribution is 5.17. The molecule has 2 heteroatoms. The summed E-state index contributed by atoms with van der Waals surface area (Å²) in [5.74, 6) is 1.24. The summed E-state index contributed by atoms with van der Waals surface area (Å²) in [6, 6.07) is 7.56. The van der Waals surface area contributed by atoms with Crippen molar-refractivity contribution in [1.82, 2.24) is 5.32 Å². The van der Waals surface area contributed by atoms with Gasteiger partial charge in [0.15, 0.2) is 0 Å². The fourth-order valence-corrected chi connectivity index (χ4v) is 2.73. The van der Waals surface area contributed by atoms with E-state index in [1.807, 2.05) is 12.1 Å². The van der Waals surface area contributed by atoms with E-state index in [-0.39, 0.29) is 5.82 Å². The molecule has 0 aliphatic heterocycles. The molecule has 1 aromatic carbocycles. The third-order valence-electron chi connectivity index (χ3n) is 4.05. The number of hydrogen-bond acceptors (Lipinski definition) is 1. The number of nitrogens with one attached hydrogen (secondary N) is 1. The van der Waals surface area contributed by atoms with Crippen molar-refractivity contribution in [1.29, 1.82) is 0 Å². The van der Waals surface area contributed by atoms with Gasteiger partial charge in [-0.3, -0.25) is 0 Å². The van der Waals surface area contributed by atoms with Gasteiger partial charge in [0, 0.05) is 6.04 Å². The van der Waals surface area contributed by atoms with Gasteiger partial charge in [-0.1, -0.05) is 52.7 Å². The molecule has 0 aliphatic carbocycles. The molecule has 0 saturated carbocycles. The van der Waals surface area contributed by atoms with Crippen LogP contribution in [0.3, 0.4) is 0 Å². The molecule has 0 heterocycles. The van der Waals surface area contributed by atoms with E-state index in [1.165, 1.54) is 25.3 Å². The van der Waals surface area contributed by atoms with E-state index in [4.69, 9.17) is 0 Å². The highest BCUT2D eigenvalue weighted by Crippen LogP contribution is 2.22. The lowest BCUT2D eigenvalue weighted by atomic mass is 9.86. The molecule has 0 spiro atoms. The van der Waals surface area contributed by atoms with Crippen LogP contribution in [-0.4, -0.2) is 12.6 Å². The lowest BCUT2D eigenvalue weighted by Gasteiger charge is -2.23. The van der Waals surface area contributed by atoms with Gasteiger partial charge in [-0.25, -0.2) is 4.39 Å². The third-order valence-corrected chi connectivity index (χ3v) is 4.05. The van der Waals surface area contributed by atoms with Crippen molar-refractivity contribution < 1.29 is 4.39 Å². The van der Waals surface area contributed by atoms with E-state index in [0.29, 0.717) is 12.0 Å². The first-order valence-electron chi connectivity index (χ1n) is 8.02. The highest BCUT2D eigenvalue weighted by atomic mass is 19.1. The number of benzene rings is 1. The van der Waals surface area contributed by atoms with Crippen LogP contribution in [0.5, 0.6) is 0 Å². The van der Waals surface area contributed by atoms with E-state index in [1.54, 1.807) is 6.07 Å². The first kappa shape index (κ1) is 17.2. The van der Waals surface area contributed by atoms with Crippen LogP contribution in [-0.2, 0) is 6.42 Å². The van der Waals surface area contributed by atoms with Crippen molar-refractivity contribution in [3.8, 4) is 0 Å². The lowest BCUT2D eigenvalue weighted by molar-refractivity contribution is 0.331. The zero-order valence-corrected chi connectivity index (χ0v) is 13.5. The minimum absolute atomic E-state index is 0.124. The third kappa shape index (κ3) is 6.51. The Balaban J connectivity index is 2.65. The van der Waals surface area contributed by atoms with Gasteiger partial charge >= 0.3 is 0 Å². The van der Waals surface area contributed by atoms with Crippen LogP contribution in [0, 0.1) is 17.7 Å². The summed E-state index contributed by atoms with van der Waals surface area (Å²) < 4.78 is 13.3. The maximum atomic E-state index is 13.3. The average molecular weight is 279 g/mol. The molecule has 0 aliphatic rings. The second-order valence-electron chi connectivity index (χ2n) is 6.18. The van der Waals surface area contributed by atoms with Crippen LogP contribution in [0.15, 0.2) is 24.3 Å². The lowest BCUT2D eigenvalue weighted by Crippen LogP contribution is -2.31. The average Bonchev–Trinajstić information content (AvgIpc) is 2.41. The van der Waals surface area contributed by atoms with Crippen LogP contribution in [0.25, 0.3) is 0 Å². The maximum Gasteiger partial charge on any atom is 0.123 e. The van der Waals surface area contributed by atoms with Crippen molar-refractivity contribution in [2.45, 2.75) is 59.4 Å². The Morgan fingerprint density at radius 3 is 2.35 bits per heavy atom. The van der Waals surface area contributed by atoms with Crippen molar-refractivity contribution in [2.24, 2.45) is 11.8 Å². The SMILES string of the molecule is CCC(CC)CC(CNC(C)C)Cc1cccc(F)c1. The zero-order valence-electron chi connectivity index (χ0n) is 13.5. The van der Waals surface area contributed by atoms with E-state index < -0.39 is 0 Å². The molecular formula is C18H30FN. The van der Waals surface area contributed by atoms with Crippen LogP contribution >= 0.6 is 0 Å². The van der Waals surface area contributed by atoms with Gasteiger partial charge < -0.3 is 5.32 Å². The first-order valence-corrected chi connectivity index (χ1v) is 8.02. The van der Waals surface area contributed by atoms with Gasteiger partial charge in [0.05, 0.1) is 0 Å². The Hall–Kier alpha value is -0.890. The monoisotopic (exact) mass is 279 g/mol. The fourth-order valence-electron chi connectivity index (χ4n) is 2.73. The Morgan fingerprint density at radius 2 is 1.80 bits per heavy atom. The van der Waals surface area contributed by atoms with E-state index >= 15 is 0 Å². The molecule has 0 fully saturated rings. The normalized spacial score (nSPS) is 13.2. The van der Waals surface area contributed by atoms with E-state index in [2.05, 4.69) is 33.0 Å². The molecule has 1 N–H and O–H groups in total. The van der Waals surface area contributed by atoms with Gasteiger partial charge in [0.2, 0.25) is 0 Å². The summed E-state index contributed by atoms with van der Waals surface area (Å²) in [5, 5.41) is 3.54. The van der Waals surface area contributed by atoms with Gasteiger partial charge in [-0.05, 0) is 48.9 Å². The molecule has 114 valence electrons. The van der Waals surface area contributed by atoms with Gasteiger partial charge in [-0.15, -0.1) is 0 Å². The maximum absolute atomic E-state index is 13.3. The van der Waals surface area contributed by atoms with E-state index in [9.17, 15) is 4.39 Å². The summed E-state index contributed by atoms with van der Waals surface area (Å²) >= 11 is 0. The predicted molar refractivity (Wildman–Crippen MR) is 85.4 cm³/mol. The second-order valence-corrected chi connectivity index (χ2v) is 6.18. The van der Waals surface area contributed by atoms with Crippen LogP contribution < -0.4 is 5.32 Å². The van der Waals surface area contributed by atoms with Crippen molar-refractivity contribution in [3.05, 3.63) is 35.6 Å². The highest BCUT2D eigenvalue weighted by Gasteiger charge is 2.15. The summed E-state index contributed by atoms with van der Waals surface area (Å²) in [4.78, 5) is 0. The van der Waals surface area contributed by atoms with Crippen LogP contribution in [0.2, 0.25) is 0 Å². The van der Waals surface area contributed by atoms with Crippen molar-refractivity contribution >= 4 is 0 Å². The Bertz CT molecular complexity index is 371. The molecule has 1 unspecified atom stereocenters. The molecule has 0 amide bonds. The first-order chi connectivity index (χ1) is 9.55. The zero-order chi connectivity index (χ0) is 15.0. The quantitative estimate of drug-likeness (QED) is 0.684. The fraction of sp³-hybridized carbons (Fsp3) is 0.667. The molecule has 1 aromatic rings. The molecule has 0 radical (unpaired) electrons. The van der Waals surface area contributed by atoms with E-state index in [0.717, 1.165) is 24.4 Å². The molecule has 1 atom stereocenters. The minimum Gasteiger partial charge on any atom is -0.314 e. The summed E-state index contributed by atoms with van der Waals surface area (Å²) in [6.45, 7) is 9.91. The Morgan fingerprint density at radius 1 is 1.10 bits per heavy atom. The number of hydrogen-bond donors (Lipinski definition) is 1. The summed E-state index contributed by atoms with van der Waals surface area (Å²) in [7, 11) is 0. The Labute approximate surface area is 124 Å². The van der Waals surface area contributed by atoms with Crippen LogP contribution in [0.1, 0.15) is 52.5 Å². The van der Waals surface area contributed by atoms with Gasteiger partial charge in [0.25, 0.3) is 0 Å². The topological polar surface area (TPSA) is 12.0 Å². The second kappa shape index (κ2) is 9.12. The Kier molecular flexibility index (Phi) is 7.83. The molecule has 20 heavy (non-hydrogen) atoms. The number of rotatable bonds is 9. The van der Waals surface area contributed by atoms with Crippen molar-refractivity contribution in [3.63, 3.8) is 0 Å². The smallest absolute Gasteiger partial charge is 0.123 e.